The minimum absolute atomic E-state index is 0.0698. The lowest BCUT2D eigenvalue weighted by Gasteiger charge is -2.31. The highest BCUT2D eigenvalue weighted by Gasteiger charge is 2.39. The molecule has 1 heterocycles. The van der Waals surface area contributed by atoms with Crippen LogP contribution in [0.5, 0.6) is 0 Å². The lowest BCUT2D eigenvalue weighted by Crippen LogP contribution is -2.22. The van der Waals surface area contributed by atoms with Gasteiger partial charge >= 0.3 is 0 Å². The molecular weight excluding hydrogens is 347 g/mol. The van der Waals surface area contributed by atoms with Crippen LogP contribution in [0, 0.1) is 0 Å². The number of hydrogen-bond acceptors (Lipinski definition) is 5. The van der Waals surface area contributed by atoms with Gasteiger partial charge in [-0.15, -0.1) is 0 Å². The first-order valence-corrected chi connectivity index (χ1v) is 10.8. The maximum atomic E-state index is 14.0. The van der Waals surface area contributed by atoms with Crippen molar-refractivity contribution in [2.75, 3.05) is 19.0 Å². The van der Waals surface area contributed by atoms with E-state index in [1.165, 1.54) is 6.42 Å². The minimum atomic E-state index is -3.49. The Morgan fingerprint density at radius 3 is 2.27 bits per heavy atom. The Morgan fingerprint density at radius 2 is 1.69 bits per heavy atom. The summed E-state index contributed by atoms with van der Waals surface area (Å²) < 4.78 is 20.1. The van der Waals surface area contributed by atoms with Crippen molar-refractivity contribution in [1.82, 2.24) is 4.98 Å². The number of anilines is 1. The Balaban J connectivity index is 1.96. The molecule has 1 aliphatic carbocycles. The second kappa shape index (κ2) is 8.34. The fourth-order valence-corrected chi connectivity index (χ4v) is 5.64. The van der Waals surface area contributed by atoms with E-state index in [2.05, 4.69) is 4.98 Å². The van der Waals surface area contributed by atoms with E-state index in [9.17, 15) is 9.67 Å². The van der Waals surface area contributed by atoms with Crippen LogP contribution in [-0.2, 0) is 9.09 Å². The van der Waals surface area contributed by atoms with Crippen LogP contribution in [0.1, 0.15) is 43.5 Å². The number of pyridine rings is 1. The molecule has 0 amide bonds. The van der Waals surface area contributed by atoms with Crippen LogP contribution >= 0.6 is 7.37 Å². The highest BCUT2D eigenvalue weighted by Crippen LogP contribution is 2.59. The Morgan fingerprint density at radius 1 is 1.08 bits per heavy atom. The molecule has 1 fully saturated rings. The third-order valence-electron chi connectivity index (χ3n) is 4.91. The fourth-order valence-electron chi connectivity index (χ4n) is 3.34. The fraction of sp³-hybridized carbons (Fsp3) is 0.450. The lowest BCUT2D eigenvalue weighted by atomic mass is 9.98. The standard InChI is InChI=1S/C20H27N2O3P/c1-22(2)17-8-10-19(11-9-17)26(24,25-18-6-4-3-5-7-18)20(23)16-12-14-21-15-13-16/h8-15,18,20,23H,3-7H2,1-2H3/t20-,26+/m1/s1. The molecule has 6 heteroatoms. The molecule has 3 rings (SSSR count). The van der Waals surface area contributed by atoms with E-state index >= 15 is 0 Å². The van der Waals surface area contributed by atoms with Crippen LogP contribution in [-0.4, -0.2) is 30.3 Å². The van der Waals surface area contributed by atoms with Gasteiger partial charge in [0, 0.05) is 37.5 Å². The maximum absolute atomic E-state index is 14.0. The summed E-state index contributed by atoms with van der Waals surface area (Å²) in [7, 11) is 0.421. The lowest BCUT2D eigenvalue weighted by molar-refractivity contribution is 0.137. The van der Waals surface area contributed by atoms with Crippen molar-refractivity contribution in [3.63, 3.8) is 0 Å². The Hall–Kier alpha value is -1.68. The van der Waals surface area contributed by atoms with Crippen LogP contribution in [0.4, 0.5) is 5.69 Å². The maximum Gasteiger partial charge on any atom is 0.264 e. The molecule has 1 aromatic carbocycles. The number of aliphatic hydroxyl groups excluding tert-OH is 1. The Bertz CT molecular complexity index is 743. The monoisotopic (exact) mass is 374 g/mol. The smallest absolute Gasteiger partial charge is 0.264 e. The van der Waals surface area contributed by atoms with E-state index in [0.29, 0.717) is 10.9 Å². The van der Waals surface area contributed by atoms with E-state index in [1.807, 2.05) is 43.3 Å². The summed E-state index contributed by atoms with van der Waals surface area (Å²) in [4.78, 5) is 5.96. The van der Waals surface area contributed by atoms with Gasteiger partial charge in [0.05, 0.1) is 6.10 Å². The molecule has 0 radical (unpaired) electrons. The van der Waals surface area contributed by atoms with Gasteiger partial charge in [0.1, 0.15) is 0 Å². The van der Waals surface area contributed by atoms with E-state index in [1.54, 1.807) is 24.5 Å². The number of aromatic nitrogens is 1. The van der Waals surface area contributed by atoms with Crippen LogP contribution in [0.15, 0.2) is 48.8 Å². The summed E-state index contributed by atoms with van der Waals surface area (Å²) in [6.07, 6.45) is 8.25. The predicted octanol–water partition coefficient (Wildman–Crippen LogP) is 4.09. The Kier molecular flexibility index (Phi) is 6.13. The SMILES string of the molecule is CN(C)c1ccc([P@](=O)(OC2CCCCC2)[C@@H](O)c2ccncc2)cc1. The molecule has 0 saturated heterocycles. The summed E-state index contributed by atoms with van der Waals surface area (Å²) >= 11 is 0. The largest absolute Gasteiger partial charge is 0.378 e. The van der Waals surface area contributed by atoms with Gasteiger partial charge in [-0.25, -0.2) is 0 Å². The first-order chi connectivity index (χ1) is 12.5. The van der Waals surface area contributed by atoms with Crippen molar-refractivity contribution in [1.29, 1.82) is 0 Å². The number of benzene rings is 1. The number of aliphatic hydroxyl groups is 1. The van der Waals surface area contributed by atoms with Crippen LogP contribution in [0.3, 0.4) is 0 Å². The zero-order valence-electron chi connectivity index (χ0n) is 15.4. The molecule has 0 bridgehead atoms. The van der Waals surface area contributed by atoms with Crippen LogP contribution in [0.2, 0.25) is 0 Å². The second-order valence-corrected chi connectivity index (χ2v) is 9.44. The van der Waals surface area contributed by atoms with Crippen molar-refractivity contribution in [3.05, 3.63) is 54.4 Å². The van der Waals surface area contributed by atoms with Crippen molar-refractivity contribution >= 4 is 18.4 Å². The van der Waals surface area contributed by atoms with Crippen LogP contribution < -0.4 is 10.2 Å². The molecule has 2 aromatic rings. The molecule has 1 N–H and O–H groups in total. The minimum Gasteiger partial charge on any atom is -0.378 e. The van der Waals surface area contributed by atoms with E-state index in [4.69, 9.17) is 4.52 Å². The molecule has 0 unspecified atom stereocenters. The third-order valence-corrected chi connectivity index (χ3v) is 7.48. The third kappa shape index (κ3) is 4.17. The van der Waals surface area contributed by atoms with Crippen LogP contribution in [0.25, 0.3) is 0 Å². The van der Waals surface area contributed by atoms with Gasteiger partial charge in [0.15, 0.2) is 5.85 Å². The summed E-state index contributed by atoms with van der Waals surface area (Å²) in [5, 5.41) is 11.5. The highest BCUT2D eigenvalue weighted by molar-refractivity contribution is 7.67. The average Bonchev–Trinajstić information content (AvgIpc) is 2.69. The van der Waals surface area contributed by atoms with Crippen molar-refractivity contribution in [2.45, 2.75) is 44.1 Å². The topological polar surface area (TPSA) is 62.7 Å². The van der Waals surface area contributed by atoms with Crippen molar-refractivity contribution in [2.24, 2.45) is 0 Å². The molecule has 26 heavy (non-hydrogen) atoms. The van der Waals surface area contributed by atoms with Gasteiger partial charge in [0.2, 0.25) is 0 Å². The predicted molar refractivity (Wildman–Crippen MR) is 105 cm³/mol. The summed E-state index contributed by atoms with van der Waals surface area (Å²) in [5.74, 6) is -1.20. The second-order valence-electron chi connectivity index (χ2n) is 7.03. The molecule has 1 aromatic heterocycles. The quantitative estimate of drug-likeness (QED) is 0.772. The first-order valence-electron chi connectivity index (χ1n) is 9.15. The number of rotatable bonds is 6. The molecule has 1 aliphatic rings. The normalized spacial score (nSPS) is 18.9. The van der Waals surface area contributed by atoms with Gasteiger partial charge < -0.3 is 14.5 Å². The summed E-state index contributed by atoms with van der Waals surface area (Å²) in [6, 6.07) is 10.8. The van der Waals surface area contributed by atoms with E-state index < -0.39 is 13.2 Å². The van der Waals surface area contributed by atoms with Crippen molar-refractivity contribution in [3.8, 4) is 0 Å². The molecule has 5 nitrogen and oxygen atoms in total. The average molecular weight is 374 g/mol. The van der Waals surface area contributed by atoms with E-state index in [-0.39, 0.29) is 6.10 Å². The van der Waals surface area contributed by atoms with E-state index in [0.717, 1.165) is 31.4 Å². The molecular formula is C20H27N2O3P. The first kappa shape index (κ1) is 19.1. The molecule has 1 saturated carbocycles. The zero-order chi connectivity index (χ0) is 18.6. The van der Waals surface area contributed by atoms with Gasteiger partial charge in [-0.1, -0.05) is 19.3 Å². The van der Waals surface area contributed by atoms with Gasteiger partial charge in [-0.2, -0.15) is 0 Å². The molecule has 0 spiro atoms. The Labute approximate surface area is 155 Å². The highest BCUT2D eigenvalue weighted by atomic mass is 31.2. The summed E-state index contributed by atoms with van der Waals surface area (Å²) in [6.45, 7) is 0. The molecule has 0 aliphatic heterocycles. The molecule has 2 atom stereocenters. The number of hydrogen-bond donors (Lipinski definition) is 1. The summed E-state index contributed by atoms with van der Waals surface area (Å²) in [5.41, 5.74) is 1.58. The zero-order valence-corrected chi connectivity index (χ0v) is 16.3. The molecule has 140 valence electrons. The van der Waals surface area contributed by atoms with Gasteiger partial charge in [-0.05, 0) is 54.8 Å². The van der Waals surface area contributed by atoms with Gasteiger partial charge in [-0.3, -0.25) is 9.55 Å². The number of nitrogens with zero attached hydrogens (tertiary/aromatic N) is 2. The van der Waals surface area contributed by atoms with Crippen molar-refractivity contribution < 1.29 is 14.2 Å². The van der Waals surface area contributed by atoms with Gasteiger partial charge in [0.25, 0.3) is 7.37 Å².